The highest BCUT2D eigenvalue weighted by atomic mass is 16.5. The monoisotopic (exact) mass is 272 g/mol. The van der Waals surface area contributed by atoms with Gasteiger partial charge in [0.1, 0.15) is 5.69 Å². The van der Waals surface area contributed by atoms with Crippen molar-refractivity contribution in [2.24, 2.45) is 0 Å². The van der Waals surface area contributed by atoms with Gasteiger partial charge in [-0.25, -0.2) is 4.79 Å². The second-order valence-electron chi connectivity index (χ2n) is 5.25. The largest absolute Gasteiger partial charge is 0.475 e. The molecule has 0 aliphatic carbocycles. The van der Waals surface area contributed by atoms with Gasteiger partial charge in [-0.05, 0) is 31.5 Å². The van der Waals surface area contributed by atoms with Crippen molar-refractivity contribution in [1.29, 1.82) is 0 Å². The third-order valence-electron chi connectivity index (χ3n) is 3.79. The van der Waals surface area contributed by atoms with E-state index in [0.29, 0.717) is 11.6 Å². The van der Waals surface area contributed by atoms with E-state index in [0.717, 1.165) is 18.7 Å². The number of likely N-dealkylation sites (tertiary alicyclic amines) is 1. The zero-order chi connectivity index (χ0) is 14.1. The molecule has 1 aliphatic rings. The number of aromatic nitrogens is 1. The van der Waals surface area contributed by atoms with Crippen LogP contribution in [0.25, 0.3) is 11.3 Å². The molecule has 1 aromatic carbocycles. The summed E-state index contributed by atoms with van der Waals surface area (Å²) in [6.07, 6.45) is 1.18. The highest BCUT2D eigenvalue weighted by molar-refractivity contribution is 5.85. The molecular formula is C15H16N2O3. The van der Waals surface area contributed by atoms with E-state index in [1.807, 2.05) is 12.1 Å². The topological polar surface area (TPSA) is 66.6 Å². The number of likely N-dealkylation sites (N-methyl/N-ethyl adjacent to an activating group) is 1. The molecule has 20 heavy (non-hydrogen) atoms. The van der Waals surface area contributed by atoms with Crippen molar-refractivity contribution in [3.8, 4) is 11.3 Å². The minimum absolute atomic E-state index is 0.138. The summed E-state index contributed by atoms with van der Waals surface area (Å²) in [5, 5.41) is 12.6. The van der Waals surface area contributed by atoms with Crippen molar-refractivity contribution in [3.05, 3.63) is 41.7 Å². The van der Waals surface area contributed by atoms with E-state index < -0.39 is 5.97 Å². The molecule has 3 rings (SSSR count). The molecule has 0 saturated carbocycles. The molecule has 0 amide bonds. The van der Waals surface area contributed by atoms with Gasteiger partial charge in [0.2, 0.25) is 5.76 Å². The molecule has 0 spiro atoms. The molecule has 0 radical (unpaired) electrons. The summed E-state index contributed by atoms with van der Waals surface area (Å²) in [5.74, 6) is -0.656. The summed E-state index contributed by atoms with van der Waals surface area (Å²) >= 11 is 0. The Morgan fingerprint density at radius 1 is 1.40 bits per heavy atom. The van der Waals surface area contributed by atoms with Crippen molar-refractivity contribution < 1.29 is 14.4 Å². The Morgan fingerprint density at radius 3 is 2.70 bits per heavy atom. The number of carboxylic acid groups (broad SMARTS) is 1. The first-order valence-electron chi connectivity index (χ1n) is 6.62. The van der Waals surface area contributed by atoms with Gasteiger partial charge in [-0.3, -0.25) is 0 Å². The molecular weight excluding hydrogens is 256 g/mol. The van der Waals surface area contributed by atoms with E-state index in [-0.39, 0.29) is 5.76 Å². The normalized spacial score (nSPS) is 19.4. The van der Waals surface area contributed by atoms with E-state index in [9.17, 15) is 4.79 Å². The quantitative estimate of drug-likeness (QED) is 0.929. The summed E-state index contributed by atoms with van der Waals surface area (Å²) in [7, 11) is 2.14. The second kappa shape index (κ2) is 5.09. The van der Waals surface area contributed by atoms with E-state index >= 15 is 0 Å². The van der Waals surface area contributed by atoms with Crippen LogP contribution in [-0.2, 0) is 0 Å². The predicted octanol–water partition coefficient (Wildman–Crippen LogP) is 2.46. The fraction of sp³-hybridized carbons (Fsp3) is 0.333. The van der Waals surface area contributed by atoms with Gasteiger partial charge >= 0.3 is 5.97 Å². The van der Waals surface area contributed by atoms with E-state index in [4.69, 9.17) is 9.63 Å². The second-order valence-corrected chi connectivity index (χ2v) is 5.25. The average Bonchev–Trinajstić information content (AvgIpc) is 3.08. The minimum atomic E-state index is -1.10. The standard InChI is InChI=1S/C15H16N2O3/c1-17-7-6-12(9-17)10-2-4-11(5-3-10)13-8-14(15(18)19)20-16-13/h2-5,8,12H,6-7,9H2,1H3,(H,18,19). The fourth-order valence-electron chi connectivity index (χ4n) is 2.65. The van der Waals surface area contributed by atoms with Gasteiger partial charge in [-0.15, -0.1) is 0 Å². The van der Waals surface area contributed by atoms with Gasteiger partial charge in [0.05, 0.1) is 0 Å². The highest BCUT2D eigenvalue weighted by Crippen LogP contribution is 2.28. The minimum Gasteiger partial charge on any atom is -0.475 e. The van der Waals surface area contributed by atoms with E-state index in [1.54, 1.807) is 0 Å². The lowest BCUT2D eigenvalue weighted by Crippen LogP contribution is -2.13. The van der Waals surface area contributed by atoms with Gasteiger partial charge in [0.15, 0.2) is 0 Å². The molecule has 1 unspecified atom stereocenters. The van der Waals surface area contributed by atoms with Crippen molar-refractivity contribution >= 4 is 5.97 Å². The molecule has 1 atom stereocenters. The third kappa shape index (κ3) is 2.44. The predicted molar refractivity (Wildman–Crippen MR) is 73.8 cm³/mol. The molecule has 1 N–H and O–H groups in total. The first-order valence-corrected chi connectivity index (χ1v) is 6.62. The fourth-order valence-corrected chi connectivity index (χ4v) is 2.65. The van der Waals surface area contributed by atoms with Crippen LogP contribution in [0.5, 0.6) is 0 Å². The number of aromatic carboxylic acids is 1. The summed E-state index contributed by atoms with van der Waals surface area (Å²) < 4.78 is 4.77. The SMILES string of the molecule is CN1CCC(c2ccc(-c3cc(C(=O)O)on3)cc2)C1. The van der Waals surface area contributed by atoms with Crippen LogP contribution in [0.15, 0.2) is 34.9 Å². The van der Waals surface area contributed by atoms with Crippen LogP contribution in [0.2, 0.25) is 0 Å². The summed E-state index contributed by atoms with van der Waals surface area (Å²) in [6.45, 7) is 2.23. The third-order valence-corrected chi connectivity index (χ3v) is 3.79. The molecule has 5 heteroatoms. The molecule has 5 nitrogen and oxygen atoms in total. The van der Waals surface area contributed by atoms with Gasteiger partial charge in [0, 0.05) is 18.2 Å². The number of carboxylic acids is 1. The molecule has 1 aliphatic heterocycles. The molecule has 1 fully saturated rings. The van der Waals surface area contributed by atoms with Crippen LogP contribution < -0.4 is 0 Å². The molecule has 104 valence electrons. The van der Waals surface area contributed by atoms with Crippen molar-refractivity contribution in [1.82, 2.24) is 10.1 Å². The van der Waals surface area contributed by atoms with Crippen molar-refractivity contribution in [2.75, 3.05) is 20.1 Å². The molecule has 0 bridgehead atoms. The zero-order valence-corrected chi connectivity index (χ0v) is 11.2. The molecule has 2 heterocycles. The summed E-state index contributed by atoms with van der Waals surface area (Å²) in [6, 6.07) is 9.57. The number of hydrogen-bond acceptors (Lipinski definition) is 4. The lowest BCUT2D eigenvalue weighted by Gasteiger charge is -2.11. The Hall–Kier alpha value is -2.14. The first kappa shape index (κ1) is 12.9. The Morgan fingerprint density at radius 2 is 2.15 bits per heavy atom. The van der Waals surface area contributed by atoms with Crippen LogP contribution in [0.3, 0.4) is 0 Å². The van der Waals surface area contributed by atoms with Gasteiger partial charge in [0.25, 0.3) is 0 Å². The highest BCUT2D eigenvalue weighted by Gasteiger charge is 2.21. The number of hydrogen-bond donors (Lipinski definition) is 1. The number of carbonyl (C=O) groups is 1. The van der Waals surface area contributed by atoms with Gasteiger partial charge in [-0.1, -0.05) is 29.4 Å². The molecule has 2 aromatic rings. The molecule has 1 aromatic heterocycles. The van der Waals surface area contributed by atoms with Crippen LogP contribution in [0.1, 0.15) is 28.5 Å². The molecule has 1 saturated heterocycles. The Kier molecular flexibility index (Phi) is 3.28. The number of rotatable bonds is 3. The zero-order valence-electron chi connectivity index (χ0n) is 11.2. The smallest absolute Gasteiger partial charge is 0.374 e. The number of benzene rings is 1. The van der Waals surface area contributed by atoms with Crippen molar-refractivity contribution in [3.63, 3.8) is 0 Å². The van der Waals surface area contributed by atoms with Crippen molar-refractivity contribution in [2.45, 2.75) is 12.3 Å². The maximum Gasteiger partial charge on any atom is 0.374 e. The van der Waals surface area contributed by atoms with Crippen LogP contribution >= 0.6 is 0 Å². The van der Waals surface area contributed by atoms with Crippen LogP contribution in [0, 0.1) is 0 Å². The summed E-state index contributed by atoms with van der Waals surface area (Å²) in [5.41, 5.74) is 2.74. The van der Waals surface area contributed by atoms with E-state index in [2.05, 4.69) is 29.2 Å². The maximum absolute atomic E-state index is 10.8. The van der Waals surface area contributed by atoms with E-state index in [1.165, 1.54) is 18.1 Å². The Bertz CT molecular complexity index is 618. The first-order chi connectivity index (χ1) is 9.63. The van der Waals surface area contributed by atoms with Gasteiger partial charge in [-0.2, -0.15) is 0 Å². The summed E-state index contributed by atoms with van der Waals surface area (Å²) in [4.78, 5) is 13.1. The van der Waals surface area contributed by atoms with Crippen LogP contribution in [0.4, 0.5) is 0 Å². The maximum atomic E-state index is 10.8. The van der Waals surface area contributed by atoms with Gasteiger partial charge < -0.3 is 14.5 Å². The lowest BCUT2D eigenvalue weighted by molar-refractivity contribution is 0.0652. The lowest BCUT2D eigenvalue weighted by atomic mass is 9.97. The van der Waals surface area contributed by atoms with Crippen LogP contribution in [-0.4, -0.2) is 41.3 Å². The Balaban J connectivity index is 1.80. The average molecular weight is 272 g/mol. The number of nitrogens with zero attached hydrogens (tertiary/aromatic N) is 2. The Labute approximate surface area is 116 Å².